The SMILES string of the molecule is Nc1ccccc1SCC=CC(=O)O. The van der Waals surface area contributed by atoms with Gasteiger partial charge in [-0.15, -0.1) is 11.8 Å². The lowest BCUT2D eigenvalue weighted by Crippen LogP contribution is -1.89. The maximum Gasteiger partial charge on any atom is 0.328 e. The average molecular weight is 209 g/mol. The first-order valence-corrected chi connectivity index (χ1v) is 5.05. The van der Waals surface area contributed by atoms with Crippen molar-refractivity contribution in [3.05, 3.63) is 36.4 Å². The van der Waals surface area contributed by atoms with E-state index in [1.807, 2.05) is 24.3 Å². The summed E-state index contributed by atoms with van der Waals surface area (Å²) in [7, 11) is 0. The van der Waals surface area contributed by atoms with Gasteiger partial charge in [-0.3, -0.25) is 0 Å². The van der Waals surface area contributed by atoms with E-state index < -0.39 is 5.97 Å². The number of nitrogen functional groups attached to an aromatic ring is 1. The van der Waals surface area contributed by atoms with E-state index in [4.69, 9.17) is 10.8 Å². The maximum absolute atomic E-state index is 10.2. The number of rotatable bonds is 4. The van der Waals surface area contributed by atoms with Crippen LogP contribution in [0.5, 0.6) is 0 Å². The van der Waals surface area contributed by atoms with Crippen molar-refractivity contribution in [2.45, 2.75) is 4.90 Å². The molecule has 1 aromatic rings. The Kier molecular flexibility index (Phi) is 4.07. The van der Waals surface area contributed by atoms with Crippen molar-refractivity contribution in [2.75, 3.05) is 11.5 Å². The van der Waals surface area contributed by atoms with Crippen LogP contribution in [0.25, 0.3) is 0 Å². The van der Waals surface area contributed by atoms with Gasteiger partial charge in [-0.1, -0.05) is 18.2 Å². The van der Waals surface area contributed by atoms with Gasteiger partial charge in [0.15, 0.2) is 0 Å². The summed E-state index contributed by atoms with van der Waals surface area (Å²) >= 11 is 1.51. The summed E-state index contributed by atoms with van der Waals surface area (Å²) in [4.78, 5) is 11.1. The highest BCUT2D eigenvalue weighted by molar-refractivity contribution is 7.99. The first kappa shape index (κ1) is 10.7. The number of anilines is 1. The molecular weight excluding hydrogens is 198 g/mol. The number of hydrogen-bond acceptors (Lipinski definition) is 3. The topological polar surface area (TPSA) is 63.3 Å². The zero-order chi connectivity index (χ0) is 10.4. The van der Waals surface area contributed by atoms with Gasteiger partial charge in [0.05, 0.1) is 0 Å². The number of carboxylic acids is 1. The number of carbonyl (C=O) groups is 1. The second-order valence-electron chi connectivity index (χ2n) is 2.59. The molecule has 0 radical (unpaired) electrons. The number of aliphatic carboxylic acids is 1. The van der Waals surface area contributed by atoms with Crippen LogP contribution in [0.1, 0.15) is 0 Å². The molecule has 0 saturated heterocycles. The molecule has 0 spiro atoms. The van der Waals surface area contributed by atoms with E-state index in [-0.39, 0.29) is 0 Å². The molecule has 0 aromatic heterocycles. The summed E-state index contributed by atoms with van der Waals surface area (Å²) in [6, 6.07) is 7.50. The number of hydrogen-bond donors (Lipinski definition) is 2. The van der Waals surface area contributed by atoms with E-state index in [2.05, 4.69) is 0 Å². The van der Waals surface area contributed by atoms with Gasteiger partial charge in [-0.2, -0.15) is 0 Å². The van der Waals surface area contributed by atoms with Gasteiger partial charge in [-0.25, -0.2) is 4.79 Å². The summed E-state index contributed by atoms with van der Waals surface area (Å²) in [5, 5.41) is 8.34. The van der Waals surface area contributed by atoms with Crippen molar-refractivity contribution in [2.24, 2.45) is 0 Å². The van der Waals surface area contributed by atoms with Gasteiger partial charge in [0, 0.05) is 22.4 Å². The molecule has 14 heavy (non-hydrogen) atoms. The third-order valence-corrected chi connectivity index (χ3v) is 2.56. The summed E-state index contributed by atoms with van der Waals surface area (Å²) in [6.45, 7) is 0. The molecule has 0 atom stereocenters. The number of benzene rings is 1. The highest BCUT2D eigenvalue weighted by Crippen LogP contribution is 2.23. The monoisotopic (exact) mass is 209 g/mol. The minimum absolute atomic E-state index is 0.612. The van der Waals surface area contributed by atoms with Gasteiger partial charge in [0.2, 0.25) is 0 Å². The molecule has 4 heteroatoms. The maximum atomic E-state index is 10.2. The Hall–Kier alpha value is -1.42. The molecule has 0 aliphatic rings. The molecule has 0 aliphatic heterocycles. The van der Waals surface area contributed by atoms with E-state index >= 15 is 0 Å². The van der Waals surface area contributed by atoms with Gasteiger partial charge < -0.3 is 10.8 Å². The fourth-order valence-electron chi connectivity index (χ4n) is 0.899. The first-order chi connectivity index (χ1) is 6.70. The molecule has 0 fully saturated rings. The number of thioether (sulfide) groups is 1. The van der Waals surface area contributed by atoms with Crippen LogP contribution in [0, 0.1) is 0 Å². The van der Waals surface area contributed by atoms with Crippen LogP contribution in [0.3, 0.4) is 0 Å². The van der Waals surface area contributed by atoms with Gasteiger partial charge >= 0.3 is 5.97 Å². The molecule has 74 valence electrons. The molecule has 0 unspecified atom stereocenters. The van der Waals surface area contributed by atoms with E-state index in [1.54, 1.807) is 6.08 Å². The van der Waals surface area contributed by atoms with Crippen molar-refractivity contribution >= 4 is 23.4 Å². The largest absolute Gasteiger partial charge is 0.478 e. The molecule has 0 aliphatic carbocycles. The summed E-state index contributed by atoms with van der Waals surface area (Å²) in [6.07, 6.45) is 2.73. The fraction of sp³-hybridized carbons (Fsp3) is 0.100. The third kappa shape index (κ3) is 3.53. The predicted molar refractivity (Wildman–Crippen MR) is 58.4 cm³/mol. The zero-order valence-corrected chi connectivity index (χ0v) is 8.33. The van der Waals surface area contributed by atoms with E-state index in [0.29, 0.717) is 5.75 Å². The Bertz CT molecular complexity index is 350. The van der Waals surface area contributed by atoms with Crippen molar-refractivity contribution in [3.63, 3.8) is 0 Å². The Morgan fingerprint density at radius 1 is 1.50 bits per heavy atom. The third-order valence-electron chi connectivity index (χ3n) is 1.51. The van der Waals surface area contributed by atoms with Gasteiger partial charge in [-0.05, 0) is 12.1 Å². The van der Waals surface area contributed by atoms with E-state index in [9.17, 15) is 4.79 Å². The lowest BCUT2D eigenvalue weighted by molar-refractivity contribution is -0.131. The van der Waals surface area contributed by atoms with E-state index in [1.165, 1.54) is 11.8 Å². The fourth-order valence-corrected chi connectivity index (χ4v) is 1.68. The number of nitrogens with two attached hydrogens (primary N) is 1. The quantitative estimate of drug-likeness (QED) is 0.452. The lowest BCUT2D eigenvalue weighted by Gasteiger charge is -2.01. The minimum Gasteiger partial charge on any atom is -0.478 e. The van der Waals surface area contributed by atoms with Crippen molar-refractivity contribution in [3.8, 4) is 0 Å². The smallest absolute Gasteiger partial charge is 0.328 e. The lowest BCUT2D eigenvalue weighted by atomic mass is 10.3. The van der Waals surface area contributed by atoms with Crippen LogP contribution >= 0.6 is 11.8 Å². The van der Waals surface area contributed by atoms with E-state index in [0.717, 1.165) is 16.7 Å². The summed E-state index contributed by atoms with van der Waals surface area (Å²) < 4.78 is 0. The van der Waals surface area contributed by atoms with Crippen molar-refractivity contribution < 1.29 is 9.90 Å². The van der Waals surface area contributed by atoms with Crippen LogP contribution in [0.4, 0.5) is 5.69 Å². The van der Waals surface area contributed by atoms with Gasteiger partial charge in [0.25, 0.3) is 0 Å². The summed E-state index contributed by atoms with van der Waals surface area (Å²) in [5.41, 5.74) is 6.42. The minimum atomic E-state index is -0.924. The van der Waals surface area contributed by atoms with Crippen LogP contribution < -0.4 is 5.73 Å². The Balaban J connectivity index is 2.46. The second kappa shape index (κ2) is 5.34. The van der Waals surface area contributed by atoms with Crippen LogP contribution in [-0.4, -0.2) is 16.8 Å². The molecule has 3 nitrogen and oxygen atoms in total. The molecule has 0 heterocycles. The average Bonchev–Trinajstić information content (AvgIpc) is 2.15. The Morgan fingerprint density at radius 3 is 2.86 bits per heavy atom. The zero-order valence-electron chi connectivity index (χ0n) is 7.51. The highest BCUT2D eigenvalue weighted by Gasteiger charge is 1.95. The van der Waals surface area contributed by atoms with Gasteiger partial charge in [0.1, 0.15) is 0 Å². The molecule has 0 bridgehead atoms. The molecule has 1 rings (SSSR count). The number of carboxylic acid groups (broad SMARTS) is 1. The molecule has 1 aromatic carbocycles. The Labute approximate surface area is 86.6 Å². The van der Waals surface area contributed by atoms with Crippen LogP contribution in [0.15, 0.2) is 41.3 Å². The van der Waals surface area contributed by atoms with Crippen molar-refractivity contribution in [1.29, 1.82) is 0 Å². The number of para-hydroxylation sites is 1. The molecular formula is C10H11NO2S. The molecule has 0 saturated carbocycles. The standard InChI is InChI=1S/C10H11NO2S/c11-8-4-1-2-5-9(8)14-7-3-6-10(12)13/h1-6H,7,11H2,(H,12,13). The molecule has 3 N–H and O–H groups in total. The normalized spacial score (nSPS) is 10.6. The first-order valence-electron chi connectivity index (χ1n) is 4.07. The summed E-state index contributed by atoms with van der Waals surface area (Å²) in [5.74, 6) is -0.313. The van der Waals surface area contributed by atoms with Crippen LogP contribution in [0.2, 0.25) is 0 Å². The Morgan fingerprint density at radius 2 is 2.21 bits per heavy atom. The highest BCUT2D eigenvalue weighted by atomic mass is 32.2. The molecule has 0 amide bonds. The predicted octanol–water partition coefficient (Wildman–Crippen LogP) is 2.00. The van der Waals surface area contributed by atoms with Crippen molar-refractivity contribution in [1.82, 2.24) is 0 Å². The van der Waals surface area contributed by atoms with Crippen LogP contribution in [-0.2, 0) is 4.79 Å². The second-order valence-corrected chi connectivity index (χ2v) is 3.65.